The first-order valence-electron chi connectivity index (χ1n) is 13.5. The second-order valence-electron chi connectivity index (χ2n) is 11.3. The molecule has 2 atom stereocenters. The van der Waals surface area contributed by atoms with E-state index in [1.807, 2.05) is 11.0 Å². The van der Waals surface area contributed by atoms with E-state index in [2.05, 4.69) is 54.6 Å². The van der Waals surface area contributed by atoms with Crippen LogP contribution in [-0.4, -0.2) is 66.5 Å². The lowest BCUT2D eigenvalue weighted by atomic mass is 9.85. The molecule has 2 aromatic rings. The fourth-order valence-electron chi connectivity index (χ4n) is 5.19. The Kier molecular flexibility index (Phi) is 8.92. The highest BCUT2D eigenvalue weighted by atomic mass is 16.5. The van der Waals surface area contributed by atoms with Crippen molar-refractivity contribution in [2.75, 3.05) is 45.2 Å². The highest BCUT2D eigenvalue weighted by molar-refractivity contribution is 6.00. The number of aromatic nitrogens is 2. The summed E-state index contributed by atoms with van der Waals surface area (Å²) in [5.41, 5.74) is 2.87. The third-order valence-electron chi connectivity index (χ3n) is 7.28. The van der Waals surface area contributed by atoms with E-state index in [1.165, 1.54) is 11.1 Å². The van der Waals surface area contributed by atoms with Crippen molar-refractivity contribution in [2.24, 2.45) is 11.8 Å². The van der Waals surface area contributed by atoms with Crippen LogP contribution >= 0.6 is 0 Å². The maximum Gasteiger partial charge on any atom is 0.227 e. The predicted octanol–water partition coefficient (Wildman–Crippen LogP) is 3.61. The normalized spacial score (nSPS) is 19.8. The van der Waals surface area contributed by atoms with Crippen LogP contribution in [0.5, 0.6) is 0 Å². The Labute approximate surface area is 220 Å². The molecule has 2 aliphatic rings. The molecule has 0 bridgehead atoms. The van der Waals surface area contributed by atoms with E-state index in [-0.39, 0.29) is 28.9 Å². The van der Waals surface area contributed by atoms with E-state index in [9.17, 15) is 9.59 Å². The molecule has 2 N–H and O–H groups in total. The Balaban J connectivity index is 1.41. The second-order valence-corrected chi connectivity index (χ2v) is 11.3. The molecule has 37 heavy (non-hydrogen) atoms. The lowest BCUT2D eigenvalue weighted by Gasteiger charge is -2.35. The summed E-state index contributed by atoms with van der Waals surface area (Å²) in [5, 5.41) is 6.74. The molecule has 0 spiro atoms. The average Bonchev–Trinajstić information content (AvgIpc) is 2.90. The minimum Gasteiger partial charge on any atom is -0.385 e. The van der Waals surface area contributed by atoms with Gasteiger partial charge in [0, 0.05) is 57.9 Å². The molecule has 0 radical (unpaired) electrons. The van der Waals surface area contributed by atoms with Crippen molar-refractivity contribution in [1.29, 1.82) is 0 Å². The van der Waals surface area contributed by atoms with Crippen molar-refractivity contribution in [1.82, 2.24) is 20.2 Å². The highest BCUT2D eigenvalue weighted by Crippen LogP contribution is 2.28. The van der Waals surface area contributed by atoms with Crippen LogP contribution in [0.25, 0.3) is 0 Å². The van der Waals surface area contributed by atoms with Crippen molar-refractivity contribution in [3.63, 3.8) is 0 Å². The fraction of sp³-hybridized carbons (Fsp3) is 0.586. The number of methoxy groups -OCH3 is 1. The Morgan fingerprint density at radius 2 is 1.97 bits per heavy atom. The molecule has 1 aromatic heterocycles. The largest absolute Gasteiger partial charge is 0.385 e. The number of nitrogens with one attached hydrogen (secondary N) is 2. The Bertz CT molecular complexity index is 1100. The van der Waals surface area contributed by atoms with E-state index in [0.29, 0.717) is 56.3 Å². The number of carbonyl (C=O) groups excluding carboxylic acids is 2. The number of Topliss-reactive ketones (excluding diaryl/α,β-unsaturated/α-hetero) is 1. The molecule has 0 saturated carbocycles. The van der Waals surface area contributed by atoms with Gasteiger partial charge in [0.25, 0.3) is 0 Å². The van der Waals surface area contributed by atoms with Gasteiger partial charge >= 0.3 is 0 Å². The molecule has 3 heterocycles. The first-order valence-corrected chi connectivity index (χ1v) is 13.5. The van der Waals surface area contributed by atoms with Gasteiger partial charge in [-0.3, -0.25) is 9.59 Å². The number of hydrogen-bond acceptors (Lipinski definition) is 7. The number of fused-ring (bicyclic) bond motifs is 1. The van der Waals surface area contributed by atoms with E-state index in [0.717, 1.165) is 25.9 Å². The van der Waals surface area contributed by atoms with Gasteiger partial charge < -0.3 is 20.3 Å². The summed E-state index contributed by atoms with van der Waals surface area (Å²) < 4.78 is 5.15. The molecule has 0 aliphatic carbocycles. The molecule has 1 aromatic carbocycles. The number of ether oxygens (including phenoxy) is 1. The maximum atomic E-state index is 13.4. The second kappa shape index (κ2) is 12.1. The lowest BCUT2D eigenvalue weighted by molar-refractivity contribution is -0.137. The summed E-state index contributed by atoms with van der Waals surface area (Å²) in [6, 6.07) is 8.36. The van der Waals surface area contributed by atoms with Gasteiger partial charge in [-0.2, -0.15) is 0 Å². The molecule has 1 saturated heterocycles. The number of ketones is 1. The van der Waals surface area contributed by atoms with Crippen molar-refractivity contribution in [3.05, 3.63) is 53.0 Å². The number of rotatable bonds is 9. The molecule has 1 amide bonds. The number of nitrogens with zero attached hydrogens (tertiary/aromatic N) is 3. The summed E-state index contributed by atoms with van der Waals surface area (Å²) in [6.45, 7) is 10.3. The Hall–Kier alpha value is -2.84. The van der Waals surface area contributed by atoms with Crippen LogP contribution in [0.1, 0.15) is 67.3 Å². The number of benzene rings is 1. The standard InChI is InChI=1S/C29H41N5O3/c1-29(2,3)28-32-18-24(26(33-28)31-11-7-13-37-4)25(35)15-20-14-23(17-30-16-20)27(36)34-12-10-21-8-5-6-9-22(21)19-34/h5-6,8-9,18,20,23,30H,7,10-17,19H2,1-4H3,(H,31,32,33). The zero-order valence-electron chi connectivity index (χ0n) is 22.7. The third kappa shape index (κ3) is 6.93. The van der Waals surface area contributed by atoms with Crippen LogP contribution in [0.15, 0.2) is 30.5 Å². The predicted molar refractivity (Wildman–Crippen MR) is 145 cm³/mol. The molecule has 1 fully saturated rings. The summed E-state index contributed by atoms with van der Waals surface area (Å²) in [5.74, 6) is 1.48. The van der Waals surface area contributed by atoms with Gasteiger partial charge in [0.2, 0.25) is 5.91 Å². The maximum absolute atomic E-state index is 13.4. The minimum absolute atomic E-state index is 0.0153. The van der Waals surface area contributed by atoms with Crippen LogP contribution in [0.4, 0.5) is 5.82 Å². The zero-order chi connectivity index (χ0) is 26.4. The van der Waals surface area contributed by atoms with E-state index in [4.69, 9.17) is 9.72 Å². The van der Waals surface area contributed by atoms with Crippen molar-refractivity contribution < 1.29 is 14.3 Å². The molecule has 8 nitrogen and oxygen atoms in total. The van der Waals surface area contributed by atoms with Gasteiger partial charge in [0.1, 0.15) is 11.6 Å². The van der Waals surface area contributed by atoms with E-state index < -0.39 is 0 Å². The summed E-state index contributed by atoms with van der Waals surface area (Å²) in [4.78, 5) is 38.0. The van der Waals surface area contributed by atoms with Gasteiger partial charge in [-0.1, -0.05) is 45.0 Å². The molecule has 8 heteroatoms. The number of amides is 1. The molecule has 200 valence electrons. The summed E-state index contributed by atoms with van der Waals surface area (Å²) in [6.07, 6.45) is 4.46. The monoisotopic (exact) mass is 507 g/mol. The molecule has 2 unspecified atom stereocenters. The van der Waals surface area contributed by atoms with Gasteiger partial charge in [-0.25, -0.2) is 9.97 Å². The van der Waals surface area contributed by atoms with Gasteiger partial charge in [-0.15, -0.1) is 0 Å². The van der Waals surface area contributed by atoms with Crippen LogP contribution < -0.4 is 10.6 Å². The summed E-state index contributed by atoms with van der Waals surface area (Å²) >= 11 is 0. The third-order valence-corrected chi connectivity index (χ3v) is 7.28. The number of carbonyl (C=O) groups is 2. The van der Waals surface area contributed by atoms with Crippen LogP contribution in [0.3, 0.4) is 0 Å². The highest BCUT2D eigenvalue weighted by Gasteiger charge is 2.33. The van der Waals surface area contributed by atoms with Gasteiger partial charge in [0.15, 0.2) is 5.78 Å². The minimum atomic E-state index is -0.222. The van der Waals surface area contributed by atoms with Gasteiger partial charge in [-0.05, 0) is 42.9 Å². The van der Waals surface area contributed by atoms with Crippen LogP contribution in [0.2, 0.25) is 0 Å². The van der Waals surface area contributed by atoms with Gasteiger partial charge in [0.05, 0.1) is 11.5 Å². The molecule has 2 aliphatic heterocycles. The van der Waals surface area contributed by atoms with Crippen LogP contribution in [0, 0.1) is 11.8 Å². The summed E-state index contributed by atoms with van der Waals surface area (Å²) in [7, 11) is 1.68. The molecular weight excluding hydrogens is 466 g/mol. The van der Waals surface area contributed by atoms with Crippen molar-refractivity contribution in [2.45, 2.75) is 58.4 Å². The topological polar surface area (TPSA) is 96.5 Å². The zero-order valence-corrected chi connectivity index (χ0v) is 22.7. The van der Waals surface area contributed by atoms with E-state index >= 15 is 0 Å². The first kappa shape index (κ1) is 27.2. The van der Waals surface area contributed by atoms with E-state index in [1.54, 1.807) is 13.3 Å². The fourth-order valence-corrected chi connectivity index (χ4v) is 5.19. The Morgan fingerprint density at radius 1 is 1.19 bits per heavy atom. The Morgan fingerprint density at radius 3 is 2.73 bits per heavy atom. The molecule has 4 rings (SSSR count). The molecular formula is C29H41N5O3. The number of anilines is 1. The van der Waals surface area contributed by atoms with Crippen LogP contribution in [-0.2, 0) is 27.9 Å². The number of hydrogen-bond donors (Lipinski definition) is 2. The SMILES string of the molecule is COCCCNc1nc(C(C)(C)C)ncc1C(=O)CC1CNCC(C(=O)N2CCc3ccccc3C2)C1. The smallest absolute Gasteiger partial charge is 0.227 e. The lowest BCUT2D eigenvalue weighted by Crippen LogP contribution is -2.47. The van der Waals surface area contributed by atoms with Crippen molar-refractivity contribution in [3.8, 4) is 0 Å². The average molecular weight is 508 g/mol. The number of piperidine rings is 1. The first-order chi connectivity index (χ1) is 17.8. The van der Waals surface area contributed by atoms with Crippen molar-refractivity contribution >= 4 is 17.5 Å². The quantitative estimate of drug-likeness (QED) is 0.395.